The quantitative estimate of drug-likeness (QED) is 0.779. The van der Waals surface area contributed by atoms with E-state index in [2.05, 4.69) is 11.3 Å². The van der Waals surface area contributed by atoms with Gasteiger partial charge in [0.2, 0.25) is 0 Å². The summed E-state index contributed by atoms with van der Waals surface area (Å²) in [7, 11) is -3.58. The van der Waals surface area contributed by atoms with Crippen LogP contribution < -0.4 is 0 Å². The Balaban J connectivity index is 1.61. The van der Waals surface area contributed by atoms with E-state index >= 15 is 0 Å². The molecule has 4 fully saturated rings. The molecule has 3 nitrogen and oxygen atoms in total. The zero-order valence-electron chi connectivity index (χ0n) is 13.9. The molecule has 0 aliphatic heterocycles. The maximum atomic E-state index is 12.5. The van der Waals surface area contributed by atoms with Crippen molar-refractivity contribution in [3.63, 3.8) is 0 Å². The highest BCUT2D eigenvalue weighted by molar-refractivity contribution is 7.90. The zero-order chi connectivity index (χ0) is 16.2. The molecule has 0 N–H and O–H groups in total. The van der Waals surface area contributed by atoms with E-state index in [1.807, 2.05) is 19.1 Å². The van der Waals surface area contributed by atoms with Crippen LogP contribution in [0.3, 0.4) is 0 Å². The molecule has 4 saturated carbocycles. The Morgan fingerprint density at radius 1 is 1.00 bits per heavy atom. The summed E-state index contributed by atoms with van der Waals surface area (Å²) >= 11 is 0. The van der Waals surface area contributed by atoms with Crippen molar-refractivity contribution in [1.82, 2.24) is 0 Å². The molecule has 4 aliphatic rings. The van der Waals surface area contributed by atoms with Gasteiger partial charge in [-0.05, 0) is 74.8 Å². The monoisotopic (exact) mass is 331 g/mol. The maximum Gasteiger partial charge on any atom is 0.281 e. The Morgan fingerprint density at radius 2 is 1.52 bits per heavy atom. The minimum Gasteiger partial charge on any atom is -0.199 e. The average molecular weight is 331 g/mol. The fourth-order valence-electron chi connectivity index (χ4n) is 5.36. The van der Waals surface area contributed by atoms with E-state index in [9.17, 15) is 8.42 Å². The summed E-state index contributed by atoms with van der Waals surface area (Å²) in [5.41, 5.74) is 1.02. The molecule has 0 unspecified atom stereocenters. The number of rotatable bonds is 3. The summed E-state index contributed by atoms with van der Waals surface area (Å²) in [6.07, 6.45) is 8.26. The second-order valence-corrected chi connectivity index (χ2v) is 9.83. The standard InChI is InChI=1S/C19H25NO2S/c1-13-3-5-18(6-4-13)23(21,22)20-12-19(2)16-8-14-7-15(10-16)11-17(19)9-14/h3-6,12,14-17H,7-11H2,1-2H3/b20-12+. The topological polar surface area (TPSA) is 46.5 Å². The lowest BCUT2D eigenvalue weighted by molar-refractivity contribution is -0.0570. The molecule has 4 bridgehead atoms. The highest BCUT2D eigenvalue weighted by Gasteiger charge is 2.54. The van der Waals surface area contributed by atoms with Crippen LogP contribution in [0.1, 0.15) is 44.6 Å². The molecule has 1 aromatic rings. The number of nitrogens with zero attached hydrogens (tertiary/aromatic N) is 1. The molecule has 4 heteroatoms. The van der Waals surface area contributed by atoms with E-state index < -0.39 is 10.0 Å². The van der Waals surface area contributed by atoms with Gasteiger partial charge in [-0.25, -0.2) is 0 Å². The summed E-state index contributed by atoms with van der Waals surface area (Å²) in [5, 5.41) is 0. The summed E-state index contributed by atoms with van der Waals surface area (Å²) in [6, 6.07) is 6.96. The first-order valence-corrected chi connectivity index (χ1v) is 10.2. The lowest BCUT2D eigenvalue weighted by Gasteiger charge is -2.58. The fourth-order valence-corrected chi connectivity index (χ4v) is 6.33. The third-order valence-corrected chi connectivity index (χ3v) is 7.94. The summed E-state index contributed by atoms with van der Waals surface area (Å²) in [6.45, 7) is 4.20. The highest BCUT2D eigenvalue weighted by atomic mass is 32.2. The Bertz CT molecular complexity index is 705. The van der Waals surface area contributed by atoms with Gasteiger partial charge in [0.05, 0.1) is 4.90 Å². The van der Waals surface area contributed by atoms with E-state index in [-0.39, 0.29) is 5.41 Å². The molecule has 0 amide bonds. The number of sulfonamides is 1. The van der Waals surface area contributed by atoms with Crippen LogP contribution in [-0.2, 0) is 10.0 Å². The van der Waals surface area contributed by atoms with Crippen molar-refractivity contribution >= 4 is 16.2 Å². The molecule has 0 aromatic heterocycles. The molecule has 23 heavy (non-hydrogen) atoms. The van der Waals surface area contributed by atoms with E-state index in [0.717, 1.165) is 17.4 Å². The van der Waals surface area contributed by atoms with Crippen molar-refractivity contribution in [2.45, 2.75) is 50.8 Å². The third kappa shape index (κ3) is 2.55. The Kier molecular flexibility index (Phi) is 3.45. The number of aryl methyl sites for hydroxylation is 1. The molecule has 1 aromatic carbocycles. The average Bonchev–Trinajstić information content (AvgIpc) is 2.51. The molecule has 0 saturated heterocycles. The molecular weight excluding hydrogens is 306 g/mol. The van der Waals surface area contributed by atoms with Gasteiger partial charge in [-0.1, -0.05) is 24.6 Å². The Morgan fingerprint density at radius 3 is 2.04 bits per heavy atom. The van der Waals surface area contributed by atoms with Crippen molar-refractivity contribution in [1.29, 1.82) is 0 Å². The SMILES string of the molecule is Cc1ccc(S(=O)(=O)/N=C/C2(C)C3CC4CC(C3)CC2C4)cc1. The fraction of sp³-hybridized carbons (Fsp3) is 0.632. The number of benzene rings is 1. The van der Waals surface area contributed by atoms with Gasteiger partial charge < -0.3 is 0 Å². The first kappa shape index (κ1) is 15.4. The molecule has 4 aliphatic carbocycles. The van der Waals surface area contributed by atoms with Crippen molar-refractivity contribution in [2.24, 2.45) is 33.5 Å². The second-order valence-electron chi connectivity index (χ2n) is 8.19. The zero-order valence-corrected chi connectivity index (χ0v) is 14.7. The lowest BCUT2D eigenvalue weighted by Crippen LogP contribution is -2.52. The van der Waals surface area contributed by atoms with Crippen LogP contribution in [0, 0.1) is 36.0 Å². The smallest absolute Gasteiger partial charge is 0.199 e. The summed E-state index contributed by atoms with van der Waals surface area (Å²) < 4.78 is 29.2. The van der Waals surface area contributed by atoms with Gasteiger partial charge in [-0.2, -0.15) is 12.8 Å². The molecule has 0 spiro atoms. The number of hydrogen-bond acceptors (Lipinski definition) is 2. The van der Waals surface area contributed by atoms with E-state index in [0.29, 0.717) is 16.7 Å². The highest BCUT2D eigenvalue weighted by Crippen LogP contribution is 2.61. The molecule has 0 radical (unpaired) electrons. The van der Waals surface area contributed by atoms with Crippen molar-refractivity contribution < 1.29 is 8.42 Å². The number of hydrogen-bond donors (Lipinski definition) is 0. The minimum atomic E-state index is -3.58. The van der Waals surface area contributed by atoms with Gasteiger partial charge in [0.15, 0.2) is 0 Å². The van der Waals surface area contributed by atoms with Gasteiger partial charge >= 0.3 is 0 Å². The second kappa shape index (κ2) is 5.17. The molecule has 5 rings (SSSR count). The minimum absolute atomic E-state index is 0.0365. The van der Waals surface area contributed by atoms with Crippen LogP contribution in [0.15, 0.2) is 33.6 Å². The predicted molar refractivity (Wildman–Crippen MR) is 92.0 cm³/mol. The van der Waals surface area contributed by atoms with Crippen LogP contribution in [-0.4, -0.2) is 14.6 Å². The summed E-state index contributed by atoms with van der Waals surface area (Å²) in [4.78, 5) is 0.298. The molecule has 0 heterocycles. The van der Waals surface area contributed by atoms with Gasteiger partial charge in [0.1, 0.15) is 0 Å². The van der Waals surface area contributed by atoms with E-state index in [4.69, 9.17) is 0 Å². The first-order chi connectivity index (χ1) is 10.9. The molecule has 0 atom stereocenters. The Hall–Kier alpha value is -1.16. The normalized spacial score (nSPS) is 39.2. The largest absolute Gasteiger partial charge is 0.281 e. The van der Waals surface area contributed by atoms with Crippen LogP contribution >= 0.6 is 0 Å². The van der Waals surface area contributed by atoms with E-state index in [1.54, 1.807) is 18.3 Å². The molecule has 124 valence electrons. The van der Waals surface area contributed by atoms with Crippen LogP contribution in [0.4, 0.5) is 0 Å². The van der Waals surface area contributed by atoms with E-state index in [1.165, 1.54) is 32.1 Å². The van der Waals surface area contributed by atoms with Crippen LogP contribution in [0.5, 0.6) is 0 Å². The lowest BCUT2D eigenvalue weighted by atomic mass is 9.46. The van der Waals surface area contributed by atoms with Gasteiger partial charge in [0.25, 0.3) is 10.0 Å². The predicted octanol–water partition coefficient (Wildman–Crippen LogP) is 4.22. The van der Waals surface area contributed by atoms with Crippen molar-refractivity contribution in [3.05, 3.63) is 29.8 Å². The third-order valence-electron chi connectivity index (χ3n) is 6.69. The van der Waals surface area contributed by atoms with Crippen molar-refractivity contribution in [3.8, 4) is 0 Å². The maximum absolute atomic E-state index is 12.5. The summed E-state index contributed by atoms with van der Waals surface area (Å²) in [5.74, 6) is 3.01. The van der Waals surface area contributed by atoms with Crippen LogP contribution in [0.2, 0.25) is 0 Å². The first-order valence-electron chi connectivity index (χ1n) is 8.75. The van der Waals surface area contributed by atoms with Crippen LogP contribution in [0.25, 0.3) is 0 Å². The Labute approximate surface area is 139 Å². The van der Waals surface area contributed by atoms with Gasteiger partial charge in [-0.15, -0.1) is 0 Å². The van der Waals surface area contributed by atoms with Gasteiger partial charge in [0, 0.05) is 11.6 Å². The van der Waals surface area contributed by atoms with Crippen molar-refractivity contribution in [2.75, 3.05) is 0 Å². The molecular formula is C19H25NO2S. The van der Waals surface area contributed by atoms with Gasteiger partial charge in [-0.3, -0.25) is 0 Å².